The number of rotatable bonds is 5. The highest BCUT2D eigenvalue weighted by atomic mass is 16.4. The summed E-state index contributed by atoms with van der Waals surface area (Å²) in [6.07, 6.45) is 3.43. The van der Waals surface area contributed by atoms with Crippen LogP contribution in [0.5, 0.6) is 0 Å². The zero-order valence-electron chi connectivity index (χ0n) is 12.8. The van der Waals surface area contributed by atoms with Gasteiger partial charge in [-0.1, -0.05) is 19.9 Å². The monoisotopic (exact) mass is 282 g/mol. The molecule has 1 fully saturated rings. The third-order valence-corrected chi connectivity index (χ3v) is 3.97. The lowest BCUT2D eigenvalue weighted by Gasteiger charge is -2.40. The van der Waals surface area contributed by atoms with Crippen LogP contribution in [0.25, 0.3) is 0 Å². The van der Waals surface area contributed by atoms with E-state index in [0.29, 0.717) is 44.8 Å². The number of hydrogen-bond donors (Lipinski definition) is 1. The van der Waals surface area contributed by atoms with Gasteiger partial charge >= 0.3 is 12.0 Å². The summed E-state index contributed by atoms with van der Waals surface area (Å²) in [4.78, 5) is 27.1. The Hall–Kier alpha value is -1.52. The Labute approximate surface area is 121 Å². The largest absolute Gasteiger partial charge is 0.481 e. The molecule has 1 rings (SSSR count). The van der Waals surface area contributed by atoms with Crippen molar-refractivity contribution in [1.82, 2.24) is 9.80 Å². The minimum Gasteiger partial charge on any atom is -0.481 e. The molecular formula is C15H26N2O3. The molecule has 0 aromatic heterocycles. The van der Waals surface area contributed by atoms with Crippen molar-refractivity contribution >= 4 is 12.0 Å². The number of carboxylic acid groups (broad SMARTS) is 1. The van der Waals surface area contributed by atoms with Gasteiger partial charge in [0.15, 0.2) is 0 Å². The molecule has 5 nitrogen and oxygen atoms in total. The first kappa shape index (κ1) is 16.5. The van der Waals surface area contributed by atoms with Crippen LogP contribution in [0.15, 0.2) is 12.7 Å². The molecule has 0 aromatic carbocycles. The molecule has 2 amide bonds. The summed E-state index contributed by atoms with van der Waals surface area (Å²) < 4.78 is 0. The summed E-state index contributed by atoms with van der Waals surface area (Å²) in [6.45, 7) is 9.23. The number of urea groups is 1. The Bertz CT molecular complexity index is 371. The standard InChI is InChI=1S/C15H26N2O3/c1-5-8-16(4)14(20)17-9-6-15(7-10-17,13(18)19)11-12(2)3/h5,12H,1,6-11H2,2-4H3,(H,18,19). The van der Waals surface area contributed by atoms with Crippen LogP contribution in [-0.4, -0.2) is 53.6 Å². The molecule has 20 heavy (non-hydrogen) atoms. The lowest BCUT2D eigenvalue weighted by Crippen LogP contribution is -2.50. The number of aliphatic carboxylic acids is 1. The summed E-state index contributed by atoms with van der Waals surface area (Å²) >= 11 is 0. The molecule has 1 heterocycles. The molecule has 0 saturated carbocycles. The van der Waals surface area contributed by atoms with Crippen LogP contribution < -0.4 is 0 Å². The number of carboxylic acids is 1. The number of carbonyl (C=O) groups excluding carboxylic acids is 1. The van der Waals surface area contributed by atoms with E-state index in [4.69, 9.17) is 0 Å². The summed E-state index contributed by atoms with van der Waals surface area (Å²) in [5, 5.41) is 9.53. The number of nitrogens with zero attached hydrogens (tertiary/aromatic N) is 2. The van der Waals surface area contributed by atoms with Gasteiger partial charge in [0.2, 0.25) is 0 Å². The molecule has 114 valence electrons. The van der Waals surface area contributed by atoms with Crippen LogP contribution in [0.3, 0.4) is 0 Å². The van der Waals surface area contributed by atoms with E-state index < -0.39 is 11.4 Å². The highest BCUT2D eigenvalue weighted by Crippen LogP contribution is 2.38. The Balaban J connectivity index is 2.67. The maximum absolute atomic E-state index is 12.1. The van der Waals surface area contributed by atoms with E-state index in [-0.39, 0.29) is 6.03 Å². The van der Waals surface area contributed by atoms with Gasteiger partial charge in [-0.3, -0.25) is 4.79 Å². The van der Waals surface area contributed by atoms with Crippen molar-refractivity contribution in [1.29, 1.82) is 0 Å². The molecule has 1 saturated heterocycles. The number of carbonyl (C=O) groups is 2. The lowest BCUT2D eigenvalue weighted by molar-refractivity contribution is -0.153. The summed E-state index contributed by atoms with van der Waals surface area (Å²) in [7, 11) is 1.73. The fourth-order valence-corrected chi connectivity index (χ4v) is 2.93. The van der Waals surface area contributed by atoms with Crippen molar-refractivity contribution in [3.05, 3.63) is 12.7 Å². The molecule has 1 aliphatic heterocycles. The van der Waals surface area contributed by atoms with Gasteiger partial charge in [-0.25, -0.2) is 4.79 Å². The number of piperidine rings is 1. The molecule has 5 heteroatoms. The predicted octanol–water partition coefficient (Wildman–Crippen LogP) is 2.44. The molecule has 0 bridgehead atoms. The van der Waals surface area contributed by atoms with Gasteiger partial charge in [0.25, 0.3) is 0 Å². The van der Waals surface area contributed by atoms with Crippen molar-refractivity contribution in [3.63, 3.8) is 0 Å². The second kappa shape index (κ2) is 6.77. The average Bonchev–Trinajstić information content (AvgIpc) is 2.38. The molecule has 0 atom stereocenters. The van der Waals surface area contributed by atoms with E-state index in [1.165, 1.54) is 0 Å². The molecule has 0 aliphatic carbocycles. The minimum absolute atomic E-state index is 0.0477. The molecular weight excluding hydrogens is 256 g/mol. The number of likely N-dealkylation sites (N-methyl/N-ethyl adjacent to an activating group) is 1. The van der Waals surface area contributed by atoms with E-state index in [0.717, 1.165) is 0 Å². The Morgan fingerprint density at radius 1 is 1.40 bits per heavy atom. The van der Waals surface area contributed by atoms with Gasteiger partial charge < -0.3 is 14.9 Å². The summed E-state index contributed by atoms with van der Waals surface area (Å²) in [5.41, 5.74) is -0.665. The second-order valence-corrected chi connectivity index (χ2v) is 6.12. The van der Waals surface area contributed by atoms with Crippen molar-refractivity contribution in [2.45, 2.75) is 33.1 Å². The summed E-state index contributed by atoms with van der Waals surface area (Å²) in [5.74, 6) is -0.380. The van der Waals surface area contributed by atoms with Crippen LogP contribution >= 0.6 is 0 Å². The Morgan fingerprint density at radius 3 is 2.35 bits per heavy atom. The minimum atomic E-state index is -0.724. The Morgan fingerprint density at radius 2 is 1.95 bits per heavy atom. The van der Waals surface area contributed by atoms with Crippen LogP contribution in [0, 0.1) is 11.3 Å². The third-order valence-electron chi connectivity index (χ3n) is 3.97. The van der Waals surface area contributed by atoms with Crippen molar-refractivity contribution in [2.75, 3.05) is 26.7 Å². The van der Waals surface area contributed by atoms with E-state index in [1.54, 1.807) is 22.9 Å². The van der Waals surface area contributed by atoms with Gasteiger partial charge in [0.1, 0.15) is 0 Å². The van der Waals surface area contributed by atoms with Gasteiger partial charge in [-0.2, -0.15) is 0 Å². The van der Waals surface area contributed by atoms with Crippen molar-refractivity contribution in [3.8, 4) is 0 Å². The molecule has 0 unspecified atom stereocenters. The first-order valence-electron chi connectivity index (χ1n) is 7.17. The van der Waals surface area contributed by atoms with Crippen LogP contribution in [0.4, 0.5) is 4.79 Å². The lowest BCUT2D eigenvalue weighted by atomic mass is 9.73. The van der Waals surface area contributed by atoms with Gasteiger partial charge in [0, 0.05) is 26.7 Å². The Kier molecular flexibility index (Phi) is 5.60. The van der Waals surface area contributed by atoms with Crippen LogP contribution in [0.2, 0.25) is 0 Å². The zero-order chi connectivity index (χ0) is 15.3. The average molecular weight is 282 g/mol. The first-order valence-corrected chi connectivity index (χ1v) is 7.17. The normalized spacial score (nSPS) is 17.9. The third kappa shape index (κ3) is 3.74. The van der Waals surface area contributed by atoms with Gasteiger partial charge in [0.05, 0.1) is 5.41 Å². The van der Waals surface area contributed by atoms with E-state index in [2.05, 4.69) is 6.58 Å². The van der Waals surface area contributed by atoms with Gasteiger partial charge in [-0.15, -0.1) is 6.58 Å². The summed E-state index contributed by atoms with van der Waals surface area (Å²) in [6, 6.07) is -0.0477. The quantitative estimate of drug-likeness (QED) is 0.788. The fraction of sp³-hybridized carbons (Fsp3) is 0.733. The van der Waals surface area contributed by atoms with E-state index in [9.17, 15) is 14.7 Å². The molecule has 0 aromatic rings. The number of hydrogen-bond acceptors (Lipinski definition) is 2. The molecule has 1 aliphatic rings. The topological polar surface area (TPSA) is 60.9 Å². The fourth-order valence-electron chi connectivity index (χ4n) is 2.93. The number of amides is 2. The molecule has 0 spiro atoms. The predicted molar refractivity (Wildman–Crippen MR) is 78.6 cm³/mol. The van der Waals surface area contributed by atoms with E-state index >= 15 is 0 Å². The highest BCUT2D eigenvalue weighted by molar-refractivity contribution is 5.77. The van der Waals surface area contributed by atoms with Crippen LogP contribution in [-0.2, 0) is 4.79 Å². The van der Waals surface area contributed by atoms with E-state index in [1.807, 2.05) is 13.8 Å². The number of likely N-dealkylation sites (tertiary alicyclic amines) is 1. The second-order valence-electron chi connectivity index (χ2n) is 6.12. The van der Waals surface area contributed by atoms with Crippen LogP contribution in [0.1, 0.15) is 33.1 Å². The maximum Gasteiger partial charge on any atom is 0.320 e. The first-order chi connectivity index (χ1) is 9.32. The van der Waals surface area contributed by atoms with Gasteiger partial charge in [-0.05, 0) is 25.2 Å². The zero-order valence-corrected chi connectivity index (χ0v) is 12.8. The maximum atomic E-state index is 12.1. The molecule has 0 radical (unpaired) electrons. The van der Waals surface area contributed by atoms with Crippen molar-refractivity contribution in [2.24, 2.45) is 11.3 Å². The molecule has 1 N–H and O–H groups in total. The smallest absolute Gasteiger partial charge is 0.320 e. The highest BCUT2D eigenvalue weighted by Gasteiger charge is 2.42. The van der Waals surface area contributed by atoms with Crippen molar-refractivity contribution < 1.29 is 14.7 Å². The SMILES string of the molecule is C=CCN(C)C(=O)N1CCC(CC(C)C)(C(=O)O)CC1.